The number of piperidine rings is 1. The molecule has 3 rings (SSSR count). The maximum absolute atomic E-state index is 12.3. The molecule has 0 unspecified atom stereocenters. The Morgan fingerprint density at radius 2 is 2.00 bits per heavy atom. The summed E-state index contributed by atoms with van der Waals surface area (Å²) in [6, 6.07) is 10.5. The second-order valence-corrected chi connectivity index (χ2v) is 6.56. The van der Waals surface area contributed by atoms with Crippen molar-refractivity contribution in [1.29, 1.82) is 0 Å². The van der Waals surface area contributed by atoms with Crippen molar-refractivity contribution in [2.75, 3.05) is 6.54 Å². The van der Waals surface area contributed by atoms with Crippen LogP contribution in [0.2, 0.25) is 0 Å². The van der Waals surface area contributed by atoms with E-state index < -0.39 is 0 Å². The second kappa shape index (κ2) is 5.59. The van der Waals surface area contributed by atoms with Crippen molar-refractivity contribution in [3.05, 3.63) is 53.3 Å². The van der Waals surface area contributed by atoms with Crippen molar-refractivity contribution in [2.45, 2.75) is 38.6 Å². The first kappa shape index (κ1) is 14.8. The fourth-order valence-corrected chi connectivity index (χ4v) is 3.25. The number of amides is 1. The molecule has 1 saturated heterocycles. The molecule has 4 heteroatoms. The maximum atomic E-state index is 12.3. The Kier molecular flexibility index (Phi) is 3.77. The van der Waals surface area contributed by atoms with E-state index in [2.05, 4.69) is 36.3 Å². The first-order valence-electron chi connectivity index (χ1n) is 7.80. The fourth-order valence-electron chi connectivity index (χ4n) is 3.25. The van der Waals surface area contributed by atoms with Crippen LogP contribution in [0, 0.1) is 6.92 Å². The van der Waals surface area contributed by atoms with Crippen LogP contribution in [-0.2, 0) is 23.8 Å². The van der Waals surface area contributed by atoms with Crippen molar-refractivity contribution < 1.29 is 4.79 Å². The third kappa shape index (κ3) is 2.65. The van der Waals surface area contributed by atoms with Crippen LogP contribution in [0.1, 0.15) is 36.6 Å². The van der Waals surface area contributed by atoms with Gasteiger partial charge in [-0.25, -0.2) is 0 Å². The minimum atomic E-state index is 0.0330. The zero-order chi connectivity index (χ0) is 15.7. The quantitative estimate of drug-likeness (QED) is 0.873. The van der Waals surface area contributed by atoms with Gasteiger partial charge in [-0.1, -0.05) is 37.3 Å². The van der Waals surface area contributed by atoms with Gasteiger partial charge in [0.15, 0.2) is 0 Å². The average molecular weight is 297 g/mol. The summed E-state index contributed by atoms with van der Waals surface area (Å²) in [6.07, 6.45) is 3.40. The molecule has 116 valence electrons. The lowest BCUT2D eigenvalue weighted by Crippen LogP contribution is -2.47. The van der Waals surface area contributed by atoms with Gasteiger partial charge < -0.3 is 4.90 Å². The SMILES string of the molecule is Cc1c(CN2C[C@@](C)(c3ccccc3)CCC2=O)cnn1C. The first-order valence-corrected chi connectivity index (χ1v) is 7.80. The average Bonchev–Trinajstić information content (AvgIpc) is 2.84. The summed E-state index contributed by atoms with van der Waals surface area (Å²) < 4.78 is 1.86. The molecule has 0 N–H and O–H groups in total. The van der Waals surface area contributed by atoms with E-state index in [4.69, 9.17) is 0 Å². The molecule has 1 aromatic carbocycles. The van der Waals surface area contributed by atoms with Crippen LogP contribution in [0.5, 0.6) is 0 Å². The summed E-state index contributed by atoms with van der Waals surface area (Å²) in [5, 5.41) is 4.28. The van der Waals surface area contributed by atoms with Gasteiger partial charge in [0.25, 0.3) is 0 Å². The minimum Gasteiger partial charge on any atom is -0.337 e. The van der Waals surface area contributed by atoms with E-state index in [1.165, 1.54) is 5.56 Å². The maximum Gasteiger partial charge on any atom is 0.222 e. The van der Waals surface area contributed by atoms with Gasteiger partial charge in [-0.2, -0.15) is 5.10 Å². The molecule has 2 heterocycles. The van der Waals surface area contributed by atoms with Crippen molar-refractivity contribution in [3.63, 3.8) is 0 Å². The summed E-state index contributed by atoms with van der Waals surface area (Å²) in [5.41, 5.74) is 3.61. The van der Waals surface area contributed by atoms with Gasteiger partial charge in [0, 0.05) is 43.2 Å². The number of rotatable bonds is 3. The van der Waals surface area contributed by atoms with Crippen molar-refractivity contribution in [2.24, 2.45) is 7.05 Å². The molecule has 4 nitrogen and oxygen atoms in total. The molecule has 1 amide bonds. The number of carbonyl (C=O) groups excluding carboxylic acids is 1. The van der Waals surface area contributed by atoms with E-state index in [0.717, 1.165) is 24.2 Å². The molecule has 22 heavy (non-hydrogen) atoms. The fraction of sp³-hybridized carbons (Fsp3) is 0.444. The van der Waals surface area contributed by atoms with E-state index >= 15 is 0 Å². The van der Waals surface area contributed by atoms with E-state index in [1.807, 2.05) is 35.8 Å². The number of aromatic nitrogens is 2. The number of aryl methyl sites for hydroxylation is 1. The topological polar surface area (TPSA) is 38.1 Å². The zero-order valence-corrected chi connectivity index (χ0v) is 13.5. The number of carbonyl (C=O) groups is 1. The van der Waals surface area contributed by atoms with E-state index in [-0.39, 0.29) is 11.3 Å². The van der Waals surface area contributed by atoms with Crippen LogP contribution < -0.4 is 0 Å². The molecule has 1 atom stereocenters. The lowest BCUT2D eigenvalue weighted by Gasteiger charge is -2.40. The van der Waals surface area contributed by atoms with Crippen LogP contribution in [-0.4, -0.2) is 27.1 Å². The van der Waals surface area contributed by atoms with Gasteiger partial charge >= 0.3 is 0 Å². The summed E-state index contributed by atoms with van der Waals surface area (Å²) in [6.45, 7) is 5.73. The molecule has 0 aliphatic carbocycles. The largest absolute Gasteiger partial charge is 0.337 e. The molecule has 0 spiro atoms. The highest BCUT2D eigenvalue weighted by Gasteiger charge is 2.36. The Bertz CT molecular complexity index is 677. The third-order valence-electron chi connectivity index (χ3n) is 4.95. The molecule has 1 aliphatic heterocycles. The van der Waals surface area contributed by atoms with Crippen LogP contribution >= 0.6 is 0 Å². The number of hydrogen-bond acceptors (Lipinski definition) is 2. The molecule has 1 aromatic heterocycles. The Hall–Kier alpha value is -2.10. The first-order chi connectivity index (χ1) is 10.5. The Morgan fingerprint density at radius 1 is 1.27 bits per heavy atom. The smallest absolute Gasteiger partial charge is 0.222 e. The van der Waals surface area contributed by atoms with Gasteiger partial charge in [0.1, 0.15) is 0 Å². The number of likely N-dealkylation sites (tertiary alicyclic amines) is 1. The Balaban J connectivity index is 1.82. The monoisotopic (exact) mass is 297 g/mol. The Labute approximate surface area is 131 Å². The number of benzene rings is 1. The van der Waals surface area contributed by atoms with Gasteiger partial charge in [-0.05, 0) is 18.9 Å². The van der Waals surface area contributed by atoms with Crippen molar-refractivity contribution in [3.8, 4) is 0 Å². The highest BCUT2D eigenvalue weighted by molar-refractivity contribution is 5.77. The van der Waals surface area contributed by atoms with Crippen molar-refractivity contribution >= 4 is 5.91 Å². The third-order valence-corrected chi connectivity index (χ3v) is 4.95. The summed E-state index contributed by atoms with van der Waals surface area (Å²) in [4.78, 5) is 14.3. The van der Waals surface area contributed by atoms with Gasteiger partial charge in [-0.15, -0.1) is 0 Å². The Morgan fingerprint density at radius 3 is 2.64 bits per heavy atom. The predicted molar refractivity (Wildman–Crippen MR) is 86.4 cm³/mol. The van der Waals surface area contributed by atoms with E-state index in [0.29, 0.717) is 13.0 Å². The van der Waals surface area contributed by atoms with Gasteiger partial charge in [0.05, 0.1) is 6.20 Å². The molecule has 0 radical (unpaired) electrons. The zero-order valence-electron chi connectivity index (χ0n) is 13.5. The van der Waals surface area contributed by atoms with E-state index in [1.54, 1.807) is 0 Å². The number of hydrogen-bond donors (Lipinski definition) is 0. The van der Waals surface area contributed by atoms with Crippen LogP contribution in [0.15, 0.2) is 36.5 Å². The second-order valence-electron chi connectivity index (χ2n) is 6.56. The van der Waals surface area contributed by atoms with Gasteiger partial charge in [-0.3, -0.25) is 9.48 Å². The molecular weight excluding hydrogens is 274 g/mol. The molecular formula is C18H23N3O. The molecule has 1 aliphatic rings. The predicted octanol–water partition coefficient (Wildman–Crippen LogP) is 2.81. The highest BCUT2D eigenvalue weighted by atomic mass is 16.2. The normalized spacial score (nSPS) is 22.1. The summed E-state index contributed by atoms with van der Waals surface area (Å²) in [5.74, 6) is 0.247. The van der Waals surface area contributed by atoms with Crippen LogP contribution in [0.25, 0.3) is 0 Å². The summed E-state index contributed by atoms with van der Waals surface area (Å²) >= 11 is 0. The van der Waals surface area contributed by atoms with Crippen molar-refractivity contribution in [1.82, 2.24) is 14.7 Å². The van der Waals surface area contributed by atoms with Crippen LogP contribution in [0.4, 0.5) is 0 Å². The molecule has 2 aromatic rings. The molecule has 1 fully saturated rings. The van der Waals surface area contributed by atoms with Gasteiger partial charge in [0.2, 0.25) is 5.91 Å². The van der Waals surface area contributed by atoms with E-state index in [9.17, 15) is 4.79 Å². The highest BCUT2D eigenvalue weighted by Crippen LogP contribution is 2.34. The molecule has 0 bridgehead atoms. The lowest BCUT2D eigenvalue weighted by molar-refractivity contribution is -0.136. The standard InChI is InChI=1S/C18H23N3O/c1-14-15(11-19-20(14)3)12-21-13-18(2,10-9-17(21)22)16-7-5-4-6-8-16/h4-8,11H,9-10,12-13H2,1-3H3/t18-/m0/s1. The summed E-state index contributed by atoms with van der Waals surface area (Å²) in [7, 11) is 1.94. The molecule has 0 saturated carbocycles. The number of nitrogens with zero attached hydrogens (tertiary/aromatic N) is 3. The lowest BCUT2D eigenvalue weighted by atomic mass is 9.75. The van der Waals surface area contributed by atoms with Crippen LogP contribution in [0.3, 0.4) is 0 Å². The minimum absolute atomic E-state index is 0.0330.